The van der Waals surface area contributed by atoms with Crippen LogP contribution in [-0.2, 0) is 0 Å². The summed E-state index contributed by atoms with van der Waals surface area (Å²) in [7, 11) is -2.58. The minimum atomic E-state index is -2.58. The van der Waals surface area contributed by atoms with Gasteiger partial charge in [-0.15, -0.1) is 0 Å². The Morgan fingerprint density at radius 3 is 2.19 bits per heavy atom. The lowest BCUT2D eigenvalue weighted by Gasteiger charge is -2.26. The minimum Gasteiger partial charge on any atom is -0.331 e. The van der Waals surface area contributed by atoms with Crippen LogP contribution in [0.4, 0.5) is 8.63 Å². The predicted molar refractivity (Wildman–Crippen MR) is 122 cm³/mol. The van der Waals surface area contributed by atoms with Crippen LogP contribution >= 0.6 is 45.2 Å². The van der Waals surface area contributed by atoms with Gasteiger partial charge in [0.2, 0.25) is 0 Å². The molecule has 2 heterocycles. The summed E-state index contributed by atoms with van der Waals surface area (Å²) in [5.41, 5.74) is 5.33. The number of aromatic nitrogens is 1. The van der Waals surface area contributed by atoms with Crippen LogP contribution < -0.4 is 0 Å². The van der Waals surface area contributed by atoms with Crippen LogP contribution in [-0.4, -0.2) is 23.6 Å². The summed E-state index contributed by atoms with van der Waals surface area (Å²) in [6, 6.07) is 9.73. The van der Waals surface area contributed by atoms with Gasteiger partial charge in [0.25, 0.3) is 0 Å². The second kappa shape index (κ2) is 7.73. The fourth-order valence-corrected chi connectivity index (χ4v) is 4.73. The van der Waals surface area contributed by atoms with Gasteiger partial charge in [0.15, 0.2) is 0 Å². The second-order valence-corrected chi connectivity index (χ2v) is 8.76. The Hall–Kier alpha value is -0.705. The van der Waals surface area contributed by atoms with Crippen molar-refractivity contribution in [3.63, 3.8) is 0 Å². The molecule has 1 aliphatic rings. The molecular formula is C19H19BF2I2N2. The monoisotopic (exact) mass is 578 g/mol. The van der Waals surface area contributed by atoms with Gasteiger partial charge >= 0.3 is 7.40 Å². The molecule has 1 aromatic carbocycles. The van der Waals surface area contributed by atoms with Crippen LogP contribution in [0.15, 0.2) is 44.5 Å². The number of rotatable bonds is 4. The van der Waals surface area contributed by atoms with Gasteiger partial charge in [0.05, 0.1) is 6.04 Å². The summed E-state index contributed by atoms with van der Waals surface area (Å²) in [5.74, 6) is -0.241. The summed E-state index contributed by atoms with van der Waals surface area (Å²) < 4.78 is 31.2. The van der Waals surface area contributed by atoms with Crippen molar-refractivity contribution in [3.05, 3.63) is 65.6 Å². The highest BCUT2D eigenvalue weighted by Gasteiger charge is 2.38. The zero-order valence-corrected chi connectivity index (χ0v) is 19.3. The summed E-state index contributed by atoms with van der Waals surface area (Å²) in [6.07, 6.45) is 0. The molecule has 2 unspecified atom stereocenters. The van der Waals surface area contributed by atoms with E-state index >= 15 is 0 Å². The van der Waals surface area contributed by atoms with Crippen LogP contribution in [0.1, 0.15) is 42.3 Å². The van der Waals surface area contributed by atoms with E-state index in [4.69, 9.17) is 4.99 Å². The Balaban J connectivity index is 2.30. The maximum atomic E-state index is 14.0. The number of nitrogens with zero attached hydrogens (tertiary/aromatic N) is 2. The summed E-state index contributed by atoms with van der Waals surface area (Å²) in [6.45, 7) is 7.75. The average molecular weight is 578 g/mol. The Morgan fingerprint density at radius 2 is 1.69 bits per heavy atom. The summed E-state index contributed by atoms with van der Waals surface area (Å²) in [4.78, 5) is 4.86. The van der Waals surface area contributed by atoms with Crippen LogP contribution in [0.5, 0.6) is 0 Å². The van der Waals surface area contributed by atoms with E-state index in [0.29, 0.717) is 11.4 Å². The lowest BCUT2D eigenvalue weighted by Crippen LogP contribution is -2.26. The van der Waals surface area contributed by atoms with Crippen LogP contribution in [0.3, 0.4) is 0 Å². The average Bonchev–Trinajstić information content (AvgIpc) is 2.99. The molecule has 136 valence electrons. The molecule has 2 atom stereocenters. The minimum absolute atomic E-state index is 0.161. The van der Waals surface area contributed by atoms with Crippen molar-refractivity contribution in [2.45, 2.75) is 39.7 Å². The molecule has 0 saturated heterocycles. The maximum absolute atomic E-state index is 14.0. The van der Waals surface area contributed by atoms with Crippen molar-refractivity contribution < 1.29 is 8.63 Å². The van der Waals surface area contributed by atoms with Crippen molar-refractivity contribution >= 4 is 58.3 Å². The molecule has 7 heteroatoms. The van der Waals surface area contributed by atoms with Crippen LogP contribution in [0.2, 0.25) is 0 Å². The van der Waals surface area contributed by atoms with Gasteiger partial charge < -0.3 is 4.48 Å². The quantitative estimate of drug-likeness (QED) is 0.306. The van der Waals surface area contributed by atoms with Gasteiger partial charge in [-0.05, 0) is 89.6 Å². The predicted octanol–water partition coefficient (Wildman–Crippen LogP) is 6.17. The van der Waals surface area contributed by atoms with Crippen LogP contribution in [0.25, 0.3) is 0 Å². The number of hydrogen-bond donors (Lipinski definition) is 0. The molecule has 2 aromatic rings. The molecule has 0 fully saturated rings. The summed E-state index contributed by atoms with van der Waals surface area (Å²) >= 11 is 4.48. The molecule has 0 amide bonds. The van der Waals surface area contributed by atoms with Gasteiger partial charge in [0, 0.05) is 30.2 Å². The largest absolute Gasteiger partial charge is 0.677 e. The van der Waals surface area contributed by atoms with Gasteiger partial charge in [0.1, 0.15) is 0 Å². The Morgan fingerprint density at radius 1 is 1.08 bits per heavy atom. The van der Waals surface area contributed by atoms with E-state index in [1.807, 2.05) is 44.2 Å². The molecule has 0 spiro atoms. The number of benzene rings is 1. The molecule has 0 N–H and O–H groups in total. The standard InChI is InChI=1S/C19H19BF2I2N2/c1-10-16(23)12(3)25-18(10)15(14-8-6-5-7-9-14)19-11(2)17(24)13(4)26(19)20(21)22/h5-9,15,18H,1-4H3. The number of allylic oxidation sites excluding steroid dienone is 1. The van der Waals surface area contributed by atoms with E-state index in [-0.39, 0.29) is 12.0 Å². The van der Waals surface area contributed by atoms with Gasteiger partial charge in [-0.2, -0.15) is 0 Å². The molecule has 0 radical (unpaired) electrons. The smallest absolute Gasteiger partial charge is 0.331 e. The first-order valence-corrected chi connectivity index (χ1v) is 10.5. The van der Waals surface area contributed by atoms with E-state index in [2.05, 4.69) is 52.1 Å². The highest BCUT2D eigenvalue weighted by Crippen LogP contribution is 2.42. The van der Waals surface area contributed by atoms with Gasteiger partial charge in [-0.3, -0.25) is 13.6 Å². The zero-order valence-electron chi connectivity index (χ0n) is 15.0. The fraction of sp³-hybridized carbons (Fsp3) is 0.316. The van der Waals surface area contributed by atoms with Crippen molar-refractivity contribution in [3.8, 4) is 0 Å². The van der Waals surface area contributed by atoms with Crippen molar-refractivity contribution in [2.24, 2.45) is 4.99 Å². The third kappa shape index (κ3) is 3.29. The topological polar surface area (TPSA) is 17.3 Å². The SMILES string of the molecule is CC1=NC(C(c2ccccc2)c2c(C)c(I)c(C)n2B(F)F)C(C)=C1I. The normalized spacial score (nSPS) is 18.3. The maximum Gasteiger partial charge on any atom is 0.677 e. The van der Waals surface area contributed by atoms with E-state index in [1.165, 1.54) is 4.48 Å². The summed E-state index contributed by atoms with van der Waals surface area (Å²) in [5, 5.41) is 0. The first kappa shape index (κ1) is 20.0. The van der Waals surface area contributed by atoms with Gasteiger partial charge in [-0.25, -0.2) is 0 Å². The first-order chi connectivity index (χ1) is 12.3. The Bertz CT molecular complexity index is 904. The van der Waals surface area contributed by atoms with Crippen LogP contribution in [0, 0.1) is 17.4 Å². The molecule has 1 aliphatic heterocycles. The highest BCUT2D eigenvalue weighted by molar-refractivity contribution is 14.1. The molecular weight excluding hydrogens is 559 g/mol. The Kier molecular flexibility index (Phi) is 5.96. The van der Waals surface area contributed by atoms with Crippen molar-refractivity contribution in [1.82, 2.24) is 4.48 Å². The molecule has 3 rings (SSSR count). The molecule has 0 saturated carbocycles. The molecule has 0 aliphatic carbocycles. The van der Waals surface area contributed by atoms with E-state index in [9.17, 15) is 8.63 Å². The highest BCUT2D eigenvalue weighted by atomic mass is 127. The Labute approximate surface area is 180 Å². The lowest BCUT2D eigenvalue weighted by molar-refractivity contribution is 0.591. The van der Waals surface area contributed by atoms with Crippen molar-refractivity contribution in [1.29, 1.82) is 0 Å². The second-order valence-electron chi connectivity index (χ2n) is 6.60. The third-order valence-corrected chi connectivity index (χ3v) is 8.28. The number of halogens is 4. The zero-order chi connectivity index (χ0) is 19.2. The van der Waals surface area contributed by atoms with E-state index in [0.717, 1.165) is 29.6 Å². The number of hydrogen-bond acceptors (Lipinski definition) is 1. The third-order valence-electron chi connectivity index (χ3n) is 5.06. The number of aliphatic imine (C=N–C) groups is 1. The molecule has 2 nitrogen and oxygen atoms in total. The lowest BCUT2D eigenvalue weighted by atomic mass is 9.83. The molecule has 1 aromatic heterocycles. The van der Waals surface area contributed by atoms with Crippen molar-refractivity contribution in [2.75, 3.05) is 0 Å². The fourth-order valence-electron chi connectivity index (χ4n) is 3.74. The molecule has 0 bridgehead atoms. The van der Waals surface area contributed by atoms with E-state index in [1.54, 1.807) is 6.92 Å². The van der Waals surface area contributed by atoms with Gasteiger partial charge in [-0.1, -0.05) is 30.3 Å². The molecule has 26 heavy (non-hydrogen) atoms. The first-order valence-electron chi connectivity index (χ1n) is 8.36. The van der Waals surface area contributed by atoms with E-state index < -0.39 is 7.40 Å².